The first-order chi connectivity index (χ1) is 7.65. The summed E-state index contributed by atoms with van der Waals surface area (Å²) in [5, 5.41) is 1.33. The molecule has 0 aliphatic rings. The van der Waals surface area contributed by atoms with Crippen molar-refractivity contribution in [3.63, 3.8) is 0 Å². The summed E-state index contributed by atoms with van der Waals surface area (Å²) in [6.07, 6.45) is 2.49. The van der Waals surface area contributed by atoms with E-state index < -0.39 is 0 Å². The number of halogens is 3. The van der Waals surface area contributed by atoms with Crippen molar-refractivity contribution < 1.29 is 0 Å². The number of aromatic nitrogens is 1. The Hall–Kier alpha value is -0.570. The minimum atomic E-state index is 0.650. The Morgan fingerprint density at radius 1 is 1.12 bits per heavy atom. The first-order valence-electron chi connectivity index (χ1n) is 4.69. The van der Waals surface area contributed by atoms with Gasteiger partial charge in [-0.25, -0.2) is 0 Å². The molecule has 16 heavy (non-hydrogen) atoms. The maximum absolute atomic E-state index is 6.09. The van der Waals surface area contributed by atoms with Crippen molar-refractivity contribution in [2.75, 3.05) is 0 Å². The van der Waals surface area contributed by atoms with Gasteiger partial charge in [0.15, 0.2) is 0 Å². The topological polar surface area (TPSA) is 12.9 Å². The number of hydrogen-bond acceptors (Lipinski definition) is 1. The largest absolute Gasteiger partial charge is 0.260 e. The maximum atomic E-state index is 6.09. The third-order valence-corrected chi connectivity index (χ3v) is 3.23. The van der Waals surface area contributed by atoms with Crippen LogP contribution in [-0.4, -0.2) is 4.98 Å². The summed E-state index contributed by atoms with van der Waals surface area (Å²) in [5.41, 5.74) is 2.01. The first kappa shape index (κ1) is 11.9. The fraction of sp³-hybridized carbons (Fsp3) is 0.0833. The predicted molar refractivity (Wildman–Crippen MR) is 71.2 cm³/mol. The van der Waals surface area contributed by atoms with Crippen molar-refractivity contribution in [3.05, 3.63) is 62.3 Å². The average Bonchev–Trinajstić information content (AvgIpc) is 2.25. The van der Waals surface area contributed by atoms with Gasteiger partial charge in [0, 0.05) is 32.8 Å². The third-order valence-electron chi connectivity index (χ3n) is 2.18. The van der Waals surface area contributed by atoms with Gasteiger partial charge in [-0.3, -0.25) is 4.98 Å². The molecule has 82 valence electrons. The van der Waals surface area contributed by atoms with Gasteiger partial charge < -0.3 is 0 Å². The highest BCUT2D eigenvalue weighted by Crippen LogP contribution is 2.23. The van der Waals surface area contributed by atoms with Gasteiger partial charge in [-0.2, -0.15) is 0 Å². The van der Waals surface area contributed by atoms with Gasteiger partial charge in [-0.15, -0.1) is 0 Å². The van der Waals surface area contributed by atoms with E-state index in [1.807, 2.05) is 24.3 Å². The van der Waals surface area contributed by atoms with Gasteiger partial charge >= 0.3 is 0 Å². The van der Waals surface area contributed by atoms with E-state index in [4.69, 9.17) is 23.2 Å². The molecule has 0 atom stereocenters. The Morgan fingerprint density at radius 3 is 2.56 bits per heavy atom. The molecule has 0 unspecified atom stereocenters. The lowest BCUT2D eigenvalue weighted by Crippen LogP contribution is -1.92. The summed E-state index contributed by atoms with van der Waals surface area (Å²) in [6.45, 7) is 0. The van der Waals surface area contributed by atoms with E-state index in [1.165, 1.54) is 0 Å². The SMILES string of the molecule is Clc1ccc(Cc2ccc(Br)cn2)c(Cl)c1. The summed E-state index contributed by atoms with van der Waals surface area (Å²) < 4.78 is 0.971. The van der Waals surface area contributed by atoms with Crippen LogP contribution in [0.25, 0.3) is 0 Å². The van der Waals surface area contributed by atoms with Crippen molar-refractivity contribution in [1.29, 1.82) is 0 Å². The van der Waals surface area contributed by atoms with Crippen LogP contribution in [0, 0.1) is 0 Å². The molecule has 0 aliphatic carbocycles. The molecule has 0 radical (unpaired) electrons. The van der Waals surface area contributed by atoms with E-state index in [2.05, 4.69) is 20.9 Å². The normalized spacial score (nSPS) is 10.4. The predicted octanol–water partition coefficient (Wildman–Crippen LogP) is 4.74. The highest BCUT2D eigenvalue weighted by Gasteiger charge is 2.03. The van der Waals surface area contributed by atoms with Crippen LogP contribution in [0.1, 0.15) is 11.3 Å². The summed E-state index contributed by atoms with van der Waals surface area (Å²) in [5.74, 6) is 0. The maximum Gasteiger partial charge on any atom is 0.0456 e. The second-order valence-electron chi connectivity index (χ2n) is 3.38. The first-order valence-corrected chi connectivity index (χ1v) is 6.24. The highest BCUT2D eigenvalue weighted by atomic mass is 79.9. The fourth-order valence-electron chi connectivity index (χ4n) is 1.37. The van der Waals surface area contributed by atoms with E-state index >= 15 is 0 Å². The van der Waals surface area contributed by atoms with Crippen LogP contribution in [0.3, 0.4) is 0 Å². The summed E-state index contributed by atoms with van der Waals surface area (Å²) in [6, 6.07) is 9.44. The summed E-state index contributed by atoms with van der Waals surface area (Å²) >= 11 is 15.3. The number of rotatable bonds is 2. The monoisotopic (exact) mass is 315 g/mol. The number of nitrogens with zero attached hydrogens (tertiary/aromatic N) is 1. The lowest BCUT2D eigenvalue weighted by Gasteiger charge is -2.04. The molecule has 0 saturated heterocycles. The zero-order valence-corrected chi connectivity index (χ0v) is 11.4. The molecule has 0 bridgehead atoms. The van der Waals surface area contributed by atoms with E-state index in [0.29, 0.717) is 16.5 Å². The van der Waals surface area contributed by atoms with E-state index in [1.54, 1.807) is 12.3 Å². The zero-order valence-electron chi connectivity index (χ0n) is 8.25. The molecular formula is C12H8BrCl2N. The Labute approximate surface area is 113 Å². The van der Waals surface area contributed by atoms with E-state index in [9.17, 15) is 0 Å². The Balaban J connectivity index is 2.23. The lowest BCUT2D eigenvalue weighted by molar-refractivity contribution is 1.07. The zero-order chi connectivity index (χ0) is 11.5. The molecule has 1 nitrogen and oxygen atoms in total. The standard InChI is InChI=1S/C12H8BrCl2N/c13-9-2-4-11(16-7-9)5-8-1-3-10(14)6-12(8)15/h1-4,6-7H,5H2. The second kappa shape index (κ2) is 5.17. The molecular weight excluding hydrogens is 309 g/mol. The van der Waals surface area contributed by atoms with Crippen LogP contribution in [0.2, 0.25) is 10.0 Å². The molecule has 0 spiro atoms. The van der Waals surface area contributed by atoms with Gasteiger partial charge in [0.25, 0.3) is 0 Å². The van der Waals surface area contributed by atoms with Crippen LogP contribution in [0.4, 0.5) is 0 Å². The van der Waals surface area contributed by atoms with Crippen LogP contribution >= 0.6 is 39.1 Å². The average molecular weight is 317 g/mol. The van der Waals surface area contributed by atoms with Gasteiger partial charge in [0.2, 0.25) is 0 Å². The molecule has 0 fully saturated rings. The quantitative estimate of drug-likeness (QED) is 0.779. The molecule has 2 aromatic rings. The van der Waals surface area contributed by atoms with Crippen LogP contribution in [0.5, 0.6) is 0 Å². The van der Waals surface area contributed by atoms with Crippen LogP contribution < -0.4 is 0 Å². The lowest BCUT2D eigenvalue weighted by atomic mass is 10.1. The van der Waals surface area contributed by atoms with E-state index in [-0.39, 0.29) is 0 Å². The van der Waals surface area contributed by atoms with Crippen molar-refractivity contribution in [1.82, 2.24) is 4.98 Å². The fourth-order valence-corrected chi connectivity index (χ4v) is 2.08. The Kier molecular flexibility index (Phi) is 3.85. The van der Waals surface area contributed by atoms with Crippen molar-refractivity contribution >= 4 is 39.1 Å². The third kappa shape index (κ3) is 2.97. The Morgan fingerprint density at radius 2 is 1.94 bits per heavy atom. The minimum absolute atomic E-state index is 0.650. The Bertz CT molecular complexity index is 497. The molecule has 1 aromatic heterocycles. The van der Waals surface area contributed by atoms with Crippen LogP contribution in [-0.2, 0) is 6.42 Å². The summed E-state index contributed by atoms with van der Waals surface area (Å²) in [7, 11) is 0. The minimum Gasteiger partial charge on any atom is -0.260 e. The summed E-state index contributed by atoms with van der Waals surface area (Å²) in [4.78, 5) is 4.30. The number of pyridine rings is 1. The van der Waals surface area contributed by atoms with Crippen molar-refractivity contribution in [3.8, 4) is 0 Å². The van der Waals surface area contributed by atoms with Crippen LogP contribution in [0.15, 0.2) is 41.0 Å². The number of benzene rings is 1. The second-order valence-corrected chi connectivity index (χ2v) is 5.14. The molecule has 1 heterocycles. The van der Waals surface area contributed by atoms with Gasteiger partial charge in [-0.1, -0.05) is 29.3 Å². The molecule has 2 rings (SSSR count). The molecule has 1 aromatic carbocycles. The van der Waals surface area contributed by atoms with Gasteiger partial charge in [0.05, 0.1) is 0 Å². The van der Waals surface area contributed by atoms with Gasteiger partial charge in [-0.05, 0) is 45.8 Å². The number of hydrogen-bond donors (Lipinski definition) is 0. The van der Waals surface area contributed by atoms with E-state index in [0.717, 1.165) is 15.7 Å². The molecule has 0 amide bonds. The van der Waals surface area contributed by atoms with Crippen molar-refractivity contribution in [2.45, 2.75) is 6.42 Å². The van der Waals surface area contributed by atoms with Crippen molar-refractivity contribution in [2.24, 2.45) is 0 Å². The molecule has 0 N–H and O–H groups in total. The highest BCUT2D eigenvalue weighted by molar-refractivity contribution is 9.10. The molecule has 0 saturated carbocycles. The molecule has 0 aliphatic heterocycles. The molecule has 4 heteroatoms. The smallest absolute Gasteiger partial charge is 0.0456 e. The van der Waals surface area contributed by atoms with Gasteiger partial charge in [0.1, 0.15) is 0 Å².